The molecule has 0 aromatic heterocycles. The van der Waals surface area contributed by atoms with Gasteiger partial charge in [0.1, 0.15) is 11.7 Å². The maximum atomic E-state index is 13.3. The minimum Gasteiger partial charge on any atom is -0.467 e. The number of amides is 1. The first-order valence-electron chi connectivity index (χ1n) is 8.72. The van der Waals surface area contributed by atoms with E-state index in [9.17, 15) is 4.79 Å². The van der Waals surface area contributed by atoms with E-state index in [-0.39, 0.29) is 11.9 Å². The van der Waals surface area contributed by atoms with E-state index < -0.39 is 11.6 Å². The van der Waals surface area contributed by atoms with Crippen molar-refractivity contribution >= 4 is 40.5 Å². The Hall–Kier alpha value is -2.31. The molecule has 140 valence electrons. The van der Waals surface area contributed by atoms with Crippen molar-refractivity contribution < 1.29 is 9.53 Å². The van der Waals surface area contributed by atoms with Gasteiger partial charge in [0.15, 0.2) is 10.8 Å². The molecule has 0 saturated carbocycles. The molecule has 2 aromatic carbocycles. The molecule has 5 nitrogen and oxygen atoms in total. The van der Waals surface area contributed by atoms with Crippen LogP contribution in [0.3, 0.4) is 0 Å². The summed E-state index contributed by atoms with van der Waals surface area (Å²) in [6, 6.07) is 11.0. The first-order valence-corrected chi connectivity index (χ1v) is 9.51. The van der Waals surface area contributed by atoms with Gasteiger partial charge in [0, 0.05) is 16.3 Å². The molecular weight excluding hydrogens is 382 g/mol. The molecule has 27 heavy (non-hydrogen) atoms. The highest BCUT2D eigenvalue weighted by Gasteiger charge is 2.54. The van der Waals surface area contributed by atoms with Crippen molar-refractivity contribution in [3.8, 4) is 5.75 Å². The number of anilines is 1. The lowest BCUT2D eigenvalue weighted by atomic mass is 9.80. The largest absolute Gasteiger partial charge is 0.467 e. The monoisotopic (exact) mass is 401 g/mol. The molecule has 1 fully saturated rings. The maximum Gasteiger partial charge on any atom is 0.236 e. The number of carbonyl (C=O) groups is 1. The molecule has 2 heterocycles. The lowest BCUT2D eigenvalue weighted by molar-refractivity contribution is -0.132. The number of carbonyl (C=O) groups excluding carboxylic acids is 1. The third-order valence-electron chi connectivity index (χ3n) is 5.13. The zero-order valence-electron chi connectivity index (χ0n) is 15.2. The molecule has 0 radical (unpaired) electrons. The van der Waals surface area contributed by atoms with E-state index in [0.29, 0.717) is 15.9 Å². The minimum atomic E-state index is -0.962. The summed E-state index contributed by atoms with van der Waals surface area (Å²) in [6.45, 7) is 5.84. The number of thiocarbonyl (C=S) groups is 1. The van der Waals surface area contributed by atoms with Gasteiger partial charge in [0.25, 0.3) is 0 Å². The second-order valence-electron chi connectivity index (χ2n) is 7.25. The summed E-state index contributed by atoms with van der Waals surface area (Å²) >= 11 is 11.5. The normalized spacial score (nSPS) is 25.6. The average Bonchev–Trinajstić information content (AvgIpc) is 2.57. The molecule has 7 heteroatoms. The predicted molar refractivity (Wildman–Crippen MR) is 110 cm³/mol. The number of hydrogen-bond donors (Lipinski definition) is 3. The van der Waals surface area contributed by atoms with Crippen LogP contribution in [0.25, 0.3) is 0 Å². The second kappa shape index (κ2) is 6.39. The fraction of sp³-hybridized carbons (Fsp3) is 0.300. The zero-order valence-corrected chi connectivity index (χ0v) is 16.8. The van der Waals surface area contributed by atoms with Crippen molar-refractivity contribution in [1.82, 2.24) is 10.6 Å². The van der Waals surface area contributed by atoms with E-state index in [0.717, 1.165) is 22.4 Å². The van der Waals surface area contributed by atoms with Gasteiger partial charge in [-0.2, -0.15) is 0 Å². The lowest BCUT2D eigenvalue weighted by Crippen LogP contribution is -2.70. The Bertz CT molecular complexity index is 964. The molecule has 1 saturated heterocycles. The molecular formula is C20H20ClN3O2S. The fourth-order valence-corrected chi connectivity index (χ4v) is 4.39. The smallest absolute Gasteiger partial charge is 0.236 e. The van der Waals surface area contributed by atoms with E-state index in [1.54, 1.807) is 6.07 Å². The van der Waals surface area contributed by atoms with Gasteiger partial charge in [-0.25, -0.2) is 0 Å². The summed E-state index contributed by atoms with van der Waals surface area (Å²) in [6.07, 6.45) is 0. The second-order valence-corrected chi connectivity index (χ2v) is 8.10. The van der Waals surface area contributed by atoms with E-state index in [1.807, 2.05) is 51.1 Å². The maximum absolute atomic E-state index is 13.3. The quantitative estimate of drug-likeness (QED) is 0.667. The standard InChI is InChI=1S/C20H20ClN3O2S/c1-10-4-6-14(11(2)8-10)22-18(25)16-17-13-9-12(21)5-7-15(13)26-20(16,3)24-19(27)23-17/h4-9,16-17H,1-3H3,(H,22,25)(H2,23,24,27)/t16-,17-,20-/m0/s1. The Morgan fingerprint density at radius 1 is 1.26 bits per heavy atom. The molecule has 0 aliphatic carbocycles. The van der Waals surface area contributed by atoms with Gasteiger partial charge in [-0.3, -0.25) is 4.79 Å². The molecule has 0 spiro atoms. The van der Waals surface area contributed by atoms with Crippen molar-refractivity contribution in [3.63, 3.8) is 0 Å². The van der Waals surface area contributed by atoms with Crippen LogP contribution in [-0.4, -0.2) is 16.7 Å². The third kappa shape index (κ3) is 3.13. The summed E-state index contributed by atoms with van der Waals surface area (Å²) in [7, 11) is 0. The number of halogens is 1. The Kier molecular flexibility index (Phi) is 4.28. The van der Waals surface area contributed by atoms with Crippen LogP contribution in [0.1, 0.15) is 29.7 Å². The van der Waals surface area contributed by atoms with Crippen LogP contribution < -0.4 is 20.7 Å². The molecule has 2 bridgehead atoms. The van der Waals surface area contributed by atoms with Crippen molar-refractivity contribution in [2.75, 3.05) is 5.32 Å². The molecule has 3 N–H and O–H groups in total. The van der Waals surface area contributed by atoms with Crippen LogP contribution in [0.5, 0.6) is 5.75 Å². The summed E-state index contributed by atoms with van der Waals surface area (Å²) in [5.41, 5.74) is 2.80. The molecule has 2 aromatic rings. The van der Waals surface area contributed by atoms with Gasteiger partial charge in [-0.15, -0.1) is 0 Å². The van der Waals surface area contributed by atoms with Gasteiger partial charge in [-0.1, -0.05) is 29.3 Å². The Morgan fingerprint density at radius 2 is 2.04 bits per heavy atom. The number of hydrogen-bond acceptors (Lipinski definition) is 3. The number of benzene rings is 2. The fourth-order valence-electron chi connectivity index (χ4n) is 3.88. The molecule has 4 rings (SSSR count). The summed E-state index contributed by atoms with van der Waals surface area (Å²) in [5.74, 6) is -0.0107. The summed E-state index contributed by atoms with van der Waals surface area (Å²) < 4.78 is 6.18. The van der Waals surface area contributed by atoms with Crippen LogP contribution in [0.2, 0.25) is 5.02 Å². The predicted octanol–water partition coefficient (Wildman–Crippen LogP) is 3.84. The SMILES string of the molecule is Cc1ccc(NC(=O)[C@@H]2[C@H]3NC(=S)N[C@@]2(C)Oc2ccc(Cl)cc23)c(C)c1. The van der Waals surface area contributed by atoms with Crippen molar-refractivity contribution in [1.29, 1.82) is 0 Å². The molecule has 1 amide bonds. The van der Waals surface area contributed by atoms with E-state index >= 15 is 0 Å². The van der Waals surface area contributed by atoms with Gasteiger partial charge < -0.3 is 20.7 Å². The van der Waals surface area contributed by atoms with Gasteiger partial charge in [0.2, 0.25) is 5.91 Å². The summed E-state index contributed by atoms with van der Waals surface area (Å²) in [5, 5.41) is 10.4. The van der Waals surface area contributed by atoms with Crippen LogP contribution in [-0.2, 0) is 4.79 Å². The Balaban J connectivity index is 1.73. The van der Waals surface area contributed by atoms with Gasteiger partial charge in [-0.05, 0) is 62.8 Å². The van der Waals surface area contributed by atoms with Crippen LogP contribution >= 0.6 is 23.8 Å². The van der Waals surface area contributed by atoms with Crippen molar-refractivity contribution in [3.05, 3.63) is 58.1 Å². The number of aryl methyl sites for hydroxylation is 2. The highest BCUT2D eigenvalue weighted by molar-refractivity contribution is 7.80. The molecule has 3 atom stereocenters. The lowest BCUT2D eigenvalue weighted by Gasteiger charge is -2.50. The molecule has 2 aliphatic heterocycles. The van der Waals surface area contributed by atoms with E-state index in [1.165, 1.54) is 0 Å². The zero-order chi connectivity index (χ0) is 19.3. The first kappa shape index (κ1) is 18.1. The third-order valence-corrected chi connectivity index (χ3v) is 5.58. The van der Waals surface area contributed by atoms with Gasteiger partial charge in [0.05, 0.1) is 6.04 Å². The highest BCUT2D eigenvalue weighted by atomic mass is 35.5. The number of ether oxygens (including phenoxy) is 1. The highest BCUT2D eigenvalue weighted by Crippen LogP contribution is 2.46. The number of rotatable bonds is 2. The molecule has 0 unspecified atom stereocenters. The topological polar surface area (TPSA) is 62.4 Å². The van der Waals surface area contributed by atoms with E-state index in [2.05, 4.69) is 16.0 Å². The Morgan fingerprint density at radius 3 is 2.78 bits per heavy atom. The van der Waals surface area contributed by atoms with E-state index in [4.69, 9.17) is 28.6 Å². The Labute approximate surface area is 168 Å². The number of nitrogens with one attached hydrogen (secondary N) is 3. The minimum absolute atomic E-state index is 0.150. The first-order chi connectivity index (χ1) is 12.8. The van der Waals surface area contributed by atoms with Gasteiger partial charge >= 0.3 is 0 Å². The van der Waals surface area contributed by atoms with Crippen molar-refractivity contribution in [2.24, 2.45) is 5.92 Å². The average molecular weight is 402 g/mol. The van der Waals surface area contributed by atoms with Crippen LogP contribution in [0, 0.1) is 19.8 Å². The molecule has 2 aliphatic rings. The van der Waals surface area contributed by atoms with Crippen LogP contribution in [0.4, 0.5) is 5.69 Å². The van der Waals surface area contributed by atoms with Crippen LogP contribution in [0.15, 0.2) is 36.4 Å². The summed E-state index contributed by atoms with van der Waals surface area (Å²) in [4.78, 5) is 13.3. The number of fused-ring (bicyclic) bond motifs is 4. The van der Waals surface area contributed by atoms with Crippen molar-refractivity contribution in [2.45, 2.75) is 32.5 Å².